The van der Waals surface area contributed by atoms with Crippen molar-refractivity contribution in [2.45, 2.75) is 26.7 Å². The van der Waals surface area contributed by atoms with Gasteiger partial charge < -0.3 is 5.11 Å². The van der Waals surface area contributed by atoms with Gasteiger partial charge in [0.2, 0.25) is 0 Å². The minimum absolute atomic E-state index is 0.0922. The third kappa shape index (κ3) is 2.33. The molecule has 0 aliphatic heterocycles. The summed E-state index contributed by atoms with van der Waals surface area (Å²) in [5.74, 6) is -1.59. The number of aromatic nitrogens is 3. The van der Waals surface area contributed by atoms with Crippen LogP contribution in [0.25, 0.3) is 5.69 Å². The molecule has 2 rings (SSSR count). The van der Waals surface area contributed by atoms with Crippen LogP contribution in [0, 0.1) is 12.7 Å². The summed E-state index contributed by atoms with van der Waals surface area (Å²) in [5, 5.41) is 16.6. The summed E-state index contributed by atoms with van der Waals surface area (Å²) in [6.07, 6.45) is 0. The van der Waals surface area contributed by atoms with E-state index >= 15 is 0 Å². The summed E-state index contributed by atoms with van der Waals surface area (Å²) in [5.41, 5.74) is 1.34. The van der Waals surface area contributed by atoms with Crippen molar-refractivity contribution in [2.24, 2.45) is 0 Å². The summed E-state index contributed by atoms with van der Waals surface area (Å²) < 4.78 is 15.0. The molecule has 1 heterocycles. The number of nitrogens with zero attached hydrogens (tertiary/aromatic N) is 3. The summed E-state index contributed by atoms with van der Waals surface area (Å²) in [6.45, 7) is 5.34. The van der Waals surface area contributed by atoms with Crippen molar-refractivity contribution in [2.75, 3.05) is 0 Å². The van der Waals surface area contributed by atoms with Crippen LogP contribution >= 0.6 is 0 Å². The molecule has 0 saturated carbocycles. The number of halogens is 1. The van der Waals surface area contributed by atoms with Crippen molar-refractivity contribution >= 4 is 5.97 Å². The maximum absolute atomic E-state index is 13.6. The van der Waals surface area contributed by atoms with Crippen LogP contribution in [0.2, 0.25) is 0 Å². The Morgan fingerprint density at radius 2 is 2.11 bits per heavy atom. The smallest absolute Gasteiger partial charge is 0.358 e. The van der Waals surface area contributed by atoms with Gasteiger partial charge in [-0.25, -0.2) is 13.9 Å². The minimum Gasteiger partial charge on any atom is -0.476 e. The maximum atomic E-state index is 13.6. The molecule has 0 atom stereocenters. The molecule has 1 aromatic carbocycles. The predicted molar refractivity (Wildman–Crippen MR) is 67.1 cm³/mol. The molecule has 19 heavy (non-hydrogen) atoms. The fourth-order valence-electron chi connectivity index (χ4n) is 1.86. The Labute approximate surface area is 109 Å². The quantitative estimate of drug-likeness (QED) is 0.924. The molecule has 2 aromatic rings. The topological polar surface area (TPSA) is 68.0 Å². The lowest BCUT2D eigenvalue weighted by Gasteiger charge is -2.10. The Hall–Kier alpha value is -2.24. The average Bonchev–Trinajstić information content (AvgIpc) is 2.77. The first-order valence-electron chi connectivity index (χ1n) is 5.87. The molecule has 0 aliphatic rings. The van der Waals surface area contributed by atoms with Gasteiger partial charge in [0, 0.05) is 0 Å². The van der Waals surface area contributed by atoms with E-state index in [4.69, 9.17) is 5.11 Å². The number of rotatable bonds is 3. The van der Waals surface area contributed by atoms with Gasteiger partial charge in [0.15, 0.2) is 5.69 Å². The van der Waals surface area contributed by atoms with Gasteiger partial charge in [0.05, 0.1) is 11.4 Å². The van der Waals surface area contributed by atoms with E-state index in [1.54, 1.807) is 19.1 Å². The third-order valence-corrected chi connectivity index (χ3v) is 2.85. The number of benzene rings is 1. The Morgan fingerprint density at radius 1 is 1.42 bits per heavy atom. The molecular weight excluding hydrogens is 249 g/mol. The fourth-order valence-corrected chi connectivity index (χ4v) is 1.86. The molecule has 1 N–H and O–H groups in total. The van der Waals surface area contributed by atoms with Crippen LogP contribution in [0.5, 0.6) is 0 Å². The number of carboxylic acid groups (broad SMARTS) is 1. The van der Waals surface area contributed by atoms with Gasteiger partial charge in [0.25, 0.3) is 0 Å². The lowest BCUT2D eigenvalue weighted by atomic mass is 10.1. The molecule has 0 radical (unpaired) electrons. The highest BCUT2D eigenvalue weighted by Gasteiger charge is 2.22. The van der Waals surface area contributed by atoms with Crippen molar-refractivity contribution in [3.8, 4) is 5.69 Å². The summed E-state index contributed by atoms with van der Waals surface area (Å²) >= 11 is 0. The first-order chi connectivity index (χ1) is 8.91. The highest BCUT2D eigenvalue weighted by Crippen LogP contribution is 2.22. The molecule has 0 amide bonds. The Bertz CT molecular complexity index is 635. The van der Waals surface area contributed by atoms with E-state index in [1.165, 1.54) is 10.7 Å². The first-order valence-corrected chi connectivity index (χ1v) is 5.87. The van der Waals surface area contributed by atoms with E-state index < -0.39 is 5.97 Å². The fraction of sp³-hybridized carbons (Fsp3) is 0.308. The van der Waals surface area contributed by atoms with Crippen molar-refractivity contribution in [1.29, 1.82) is 0 Å². The molecule has 100 valence electrons. The SMILES string of the molecule is Cc1ccc(-n2nnc(C(=O)O)c2C(C)C)cc1F. The van der Waals surface area contributed by atoms with Crippen LogP contribution in [-0.4, -0.2) is 26.1 Å². The first kappa shape index (κ1) is 13.2. The lowest BCUT2D eigenvalue weighted by molar-refractivity contribution is 0.0688. The van der Waals surface area contributed by atoms with E-state index in [0.29, 0.717) is 16.9 Å². The molecule has 0 aliphatic carbocycles. The van der Waals surface area contributed by atoms with Crippen LogP contribution in [0.4, 0.5) is 4.39 Å². The van der Waals surface area contributed by atoms with E-state index in [2.05, 4.69) is 10.3 Å². The Morgan fingerprint density at radius 3 is 2.63 bits per heavy atom. The zero-order valence-electron chi connectivity index (χ0n) is 10.9. The second-order valence-electron chi connectivity index (χ2n) is 4.63. The van der Waals surface area contributed by atoms with Crippen LogP contribution in [0.15, 0.2) is 18.2 Å². The minimum atomic E-state index is -1.14. The number of hydrogen-bond donors (Lipinski definition) is 1. The Kier molecular flexibility index (Phi) is 3.33. The molecular formula is C13H14FN3O2. The van der Waals surface area contributed by atoms with Crippen molar-refractivity contribution < 1.29 is 14.3 Å². The van der Waals surface area contributed by atoms with E-state index in [1.807, 2.05) is 13.8 Å². The number of hydrogen-bond acceptors (Lipinski definition) is 3. The number of carbonyl (C=O) groups is 1. The van der Waals surface area contributed by atoms with Crippen LogP contribution in [0.3, 0.4) is 0 Å². The number of aromatic carboxylic acids is 1. The van der Waals surface area contributed by atoms with Gasteiger partial charge in [-0.15, -0.1) is 5.10 Å². The molecule has 0 bridgehead atoms. The van der Waals surface area contributed by atoms with Gasteiger partial charge in [-0.1, -0.05) is 25.1 Å². The highest BCUT2D eigenvalue weighted by atomic mass is 19.1. The van der Waals surface area contributed by atoms with E-state index in [0.717, 1.165) is 0 Å². The van der Waals surface area contributed by atoms with Crippen molar-refractivity contribution in [3.05, 3.63) is 41.0 Å². The maximum Gasteiger partial charge on any atom is 0.358 e. The summed E-state index contributed by atoms with van der Waals surface area (Å²) in [6, 6.07) is 4.63. The second-order valence-corrected chi connectivity index (χ2v) is 4.63. The molecule has 0 fully saturated rings. The highest BCUT2D eigenvalue weighted by molar-refractivity contribution is 5.86. The molecule has 5 nitrogen and oxygen atoms in total. The van der Waals surface area contributed by atoms with Crippen molar-refractivity contribution in [1.82, 2.24) is 15.0 Å². The standard InChI is InChI=1S/C13H14FN3O2/c1-7(2)12-11(13(18)19)15-16-17(12)9-5-4-8(3)10(14)6-9/h4-7H,1-3H3,(H,18,19). The molecule has 0 unspecified atom stereocenters. The lowest BCUT2D eigenvalue weighted by Crippen LogP contribution is -2.08. The van der Waals surface area contributed by atoms with Gasteiger partial charge in [-0.05, 0) is 30.5 Å². The van der Waals surface area contributed by atoms with Gasteiger partial charge in [0.1, 0.15) is 5.82 Å². The number of aryl methyl sites for hydroxylation is 1. The summed E-state index contributed by atoms with van der Waals surface area (Å²) in [4.78, 5) is 11.1. The monoisotopic (exact) mass is 263 g/mol. The molecule has 1 aromatic heterocycles. The normalized spacial score (nSPS) is 11.0. The third-order valence-electron chi connectivity index (χ3n) is 2.85. The van der Waals surface area contributed by atoms with Crippen LogP contribution in [0.1, 0.15) is 41.5 Å². The number of carboxylic acids is 1. The van der Waals surface area contributed by atoms with Gasteiger partial charge in [-0.2, -0.15) is 0 Å². The van der Waals surface area contributed by atoms with Crippen LogP contribution < -0.4 is 0 Å². The molecule has 0 spiro atoms. The predicted octanol–water partition coefficient (Wildman–Crippen LogP) is 2.54. The van der Waals surface area contributed by atoms with Crippen molar-refractivity contribution in [3.63, 3.8) is 0 Å². The molecule has 0 saturated heterocycles. The zero-order valence-corrected chi connectivity index (χ0v) is 10.9. The van der Waals surface area contributed by atoms with Gasteiger partial charge in [-0.3, -0.25) is 0 Å². The Balaban J connectivity index is 2.62. The van der Waals surface area contributed by atoms with E-state index in [-0.39, 0.29) is 17.4 Å². The van der Waals surface area contributed by atoms with Gasteiger partial charge >= 0.3 is 5.97 Å². The largest absolute Gasteiger partial charge is 0.476 e. The summed E-state index contributed by atoms with van der Waals surface area (Å²) in [7, 11) is 0. The average molecular weight is 263 g/mol. The zero-order chi connectivity index (χ0) is 14.2. The van der Waals surface area contributed by atoms with E-state index in [9.17, 15) is 9.18 Å². The van der Waals surface area contributed by atoms with Crippen LogP contribution in [-0.2, 0) is 0 Å². The molecule has 6 heteroatoms. The second kappa shape index (κ2) is 4.79.